The molecule has 0 aliphatic rings. The van der Waals surface area contributed by atoms with E-state index < -0.39 is 29.8 Å². The smallest absolute Gasteiger partial charge is 0.416 e. The molecule has 0 saturated heterocycles. The summed E-state index contributed by atoms with van der Waals surface area (Å²) in [6.07, 6.45) is -3.47. The Kier molecular flexibility index (Phi) is 3.01. The predicted octanol–water partition coefficient (Wildman–Crippen LogP) is 1.50. The maximum atomic E-state index is 12.5. The van der Waals surface area contributed by atoms with Crippen LogP contribution in [-0.4, -0.2) is 20.9 Å². The van der Waals surface area contributed by atoms with Crippen LogP contribution in [0.25, 0.3) is 10.8 Å². The summed E-state index contributed by atoms with van der Waals surface area (Å²) >= 11 is 0. The van der Waals surface area contributed by atoms with Gasteiger partial charge in [0.25, 0.3) is 5.56 Å². The summed E-state index contributed by atoms with van der Waals surface area (Å²) < 4.78 is 38.1. The summed E-state index contributed by atoms with van der Waals surface area (Å²) in [7, 11) is 0. The Morgan fingerprint density at radius 3 is 2.63 bits per heavy atom. The minimum atomic E-state index is -4.51. The second-order valence-electron chi connectivity index (χ2n) is 3.80. The Bertz CT molecular complexity index is 706. The van der Waals surface area contributed by atoms with Crippen molar-refractivity contribution in [2.24, 2.45) is 0 Å². The van der Waals surface area contributed by atoms with Crippen LogP contribution in [0.5, 0.6) is 0 Å². The average molecular weight is 272 g/mol. The average Bonchev–Trinajstić information content (AvgIpc) is 2.31. The fraction of sp³-hybridized carbons (Fsp3) is 0.182. The van der Waals surface area contributed by atoms with Crippen molar-refractivity contribution in [2.45, 2.75) is 12.7 Å². The second kappa shape index (κ2) is 4.38. The third-order valence-corrected chi connectivity index (χ3v) is 2.46. The van der Waals surface area contributed by atoms with Crippen molar-refractivity contribution in [1.82, 2.24) is 9.78 Å². The SMILES string of the molecule is O=C(O)Cn1ncc2cc(C(F)(F)F)ccc2c1=O. The van der Waals surface area contributed by atoms with Gasteiger partial charge in [0.05, 0.1) is 17.1 Å². The van der Waals surface area contributed by atoms with Crippen LogP contribution in [0.2, 0.25) is 0 Å². The molecule has 5 nitrogen and oxygen atoms in total. The van der Waals surface area contributed by atoms with Gasteiger partial charge < -0.3 is 5.11 Å². The molecule has 0 amide bonds. The molecule has 19 heavy (non-hydrogen) atoms. The number of carboxylic acid groups (broad SMARTS) is 1. The van der Waals surface area contributed by atoms with Crippen LogP contribution in [0.4, 0.5) is 13.2 Å². The van der Waals surface area contributed by atoms with Gasteiger partial charge in [-0.3, -0.25) is 9.59 Å². The maximum absolute atomic E-state index is 12.5. The van der Waals surface area contributed by atoms with E-state index in [-0.39, 0.29) is 10.8 Å². The highest BCUT2D eigenvalue weighted by Crippen LogP contribution is 2.30. The van der Waals surface area contributed by atoms with Crippen LogP contribution in [0.1, 0.15) is 5.56 Å². The number of alkyl halides is 3. The lowest BCUT2D eigenvalue weighted by atomic mass is 10.1. The van der Waals surface area contributed by atoms with E-state index in [1.165, 1.54) is 0 Å². The second-order valence-corrected chi connectivity index (χ2v) is 3.80. The molecule has 1 heterocycles. The zero-order chi connectivity index (χ0) is 14.2. The largest absolute Gasteiger partial charge is 0.480 e. The van der Waals surface area contributed by atoms with Gasteiger partial charge in [0.15, 0.2) is 0 Å². The van der Waals surface area contributed by atoms with E-state index in [9.17, 15) is 22.8 Å². The number of aliphatic carboxylic acids is 1. The first-order valence-electron chi connectivity index (χ1n) is 5.08. The maximum Gasteiger partial charge on any atom is 0.416 e. The molecule has 8 heteroatoms. The zero-order valence-corrected chi connectivity index (χ0v) is 9.31. The molecular weight excluding hydrogens is 265 g/mol. The van der Waals surface area contributed by atoms with Crippen LogP contribution in [0.15, 0.2) is 29.2 Å². The third-order valence-electron chi connectivity index (χ3n) is 2.46. The van der Waals surface area contributed by atoms with Crippen LogP contribution in [-0.2, 0) is 17.5 Å². The number of benzene rings is 1. The third kappa shape index (κ3) is 2.56. The van der Waals surface area contributed by atoms with Gasteiger partial charge in [-0.2, -0.15) is 18.3 Å². The summed E-state index contributed by atoms with van der Waals surface area (Å²) in [5, 5.41) is 12.1. The van der Waals surface area contributed by atoms with E-state index in [2.05, 4.69) is 5.10 Å². The number of hydrogen-bond acceptors (Lipinski definition) is 3. The number of nitrogens with zero attached hydrogens (tertiary/aromatic N) is 2. The molecule has 0 atom stereocenters. The van der Waals surface area contributed by atoms with Gasteiger partial charge in [-0.1, -0.05) is 0 Å². The van der Waals surface area contributed by atoms with Crippen molar-refractivity contribution in [2.75, 3.05) is 0 Å². The standard InChI is InChI=1S/C11H7F3N2O3/c12-11(13,14)7-1-2-8-6(3-7)4-15-16(10(8)19)5-9(17)18/h1-4H,5H2,(H,17,18). The summed E-state index contributed by atoms with van der Waals surface area (Å²) in [6, 6.07) is 2.59. The van der Waals surface area contributed by atoms with E-state index in [4.69, 9.17) is 5.11 Å². The zero-order valence-electron chi connectivity index (χ0n) is 9.31. The molecule has 0 bridgehead atoms. The van der Waals surface area contributed by atoms with Gasteiger partial charge >= 0.3 is 12.1 Å². The van der Waals surface area contributed by atoms with Gasteiger partial charge in [0.2, 0.25) is 0 Å². The van der Waals surface area contributed by atoms with E-state index >= 15 is 0 Å². The molecule has 1 N–H and O–H groups in total. The highest BCUT2D eigenvalue weighted by atomic mass is 19.4. The Hall–Kier alpha value is -2.38. The van der Waals surface area contributed by atoms with Crippen molar-refractivity contribution in [3.05, 3.63) is 40.3 Å². The molecule has 0 unspecified atom stereocenters. The Balaban J connectivity index is 2.60. The predicted molar refractivity (Wildman–Crippen MR) is 58.6 cm³/mol. The molecule has 2 rings (SSSR count). The van der Waals surface area contributed by atoms with Crippen molar-refractivity contribution in [1.29, 1.82) is 0 Å². The van der Waals surface area contributed by atoms with E-state index in [0.717, 1.165) is 24.4 Å². The molecule has 0 saturated carbocycles. The number of carboxylic acids is 1. The fourth-order valence-electron chi connectivity index (χ4n) is 1.60. The quantitative estimate of drug-likeness (QED) is 0.899. The number of carbonyl (C=O) groups is 1. The van der Waals surface area contributed by atoms with Gasteiger partial charge in [0.1, 0.15) is 6.54 Å². The molecular formula is C11H7F3N2O3. The van der Waals surface area contributed by atoms with Crippen LogP contribution in [0.3, 0.4) is 0 Å². The topological polar surface area (TPSA) is 72.2 Å². The molecule has 1 aromatic carbocycles. The van der Waals surface area contributed by atoms with Crippen LogP contribution >= 0.6 is 0 Å². The highest BCUT2D eigenvalue weighted by molar-refractivity contribution is 5.81. The van der Waals surface area contributed by atoms with E-state index in [1.54, 1.807) is 0 Å². The molecule has 0 aliphatic carbocycles. The lowest BCUT2D eigenvalue weighted by Gasteiger charge is -2.08. The Morgan fingerprint density at radius 2 is 2.05 bits per heavy atom. The molecule has 2 aromatic rings. The van der Waals surface area contributed by atoms with Crippen molar-refractivity contribution < 1.29 is 23.1 Å². The number of rotatable bonds is 2. The molecule has 0 spiro atoms. The monoisotopic (exact) mass is 272 g/mol. The first-order valence-corrected chi connectivity index (χ1v) is 5.08. The van der Waals surface area contributed by atoms with Gasteiger partial charge in [-0.25, -0.2) is 4.68 Å². The van der Waals surface area contributed by atoms with Gasteiger partial charge in [-0.15, -0.1) is 0 Å². The number of fused-ring (bicyclic) bond motifs is 1. The summed E-state index contributed by atoms with van der Waals surface area (Å²) in [5.74, 6) is -1.26. The Morgan fingerprint density at radius 1 is 1.37 bits per heavy atom. The molecule has 0 fully saturated rings. The van der Waals surface area contributed by atoms with Gasteiger partial charge in [0, 0.05) is 5.39 Å². The van der Waals surface area contributed by atoms with Crippen molar-refractivity contribution in [3.8, 4) is 0 Å². The molecule has 0 radical (unpaired) electrons. The number of aromatic nitrogens is 2. The minimum Gasteiger partial charge on any atom is -0.480 e. The number of halogens is 3. The first kappa shape index (κ1) is 13.1. The summed E-state index contributed by atoms with van der Waals surface area (Å²) in [4.78, 5) is 22.3. The normalized spacial score (nSPS) is 11.7. The van der Waals surface area contributed by atoms with Crippen LogP contribution in [0, 0.1) is 0 Å². The van der Waals surface area contributed by atoms with Gasteiger partial charge in [-0.05, 0) is 18.2 Å². The summed E-state index contributed by atoms with van der Waals surface area (Å²) in [5.41, 5.74) is -1.63. The van der Waals surface area contributed by atoms with Crippen LogP contribution < -0.4 is 5.56 Å². The molecule has 0 aliphatic heterocycles. The molecule has 100 valence electrons. The molecule has 1 aromatic heterocycles. The lowest BCUT2D eigenvalue weighted by molar-refractivity contribution is -0.138. The fourth-order valence-corrected chi connectivity index (χ4v) is 1.60. The highest BCUT2D eigenvalue weighted by Gasteiger charge is 2.30. The minimum absolute atomic E-state index is 0.00995. The van der Waals surface area contributed by atoms with E-state index in [1.807, 2.05) is 0 Å². The lowest BCUT2D eigenvalue weighted by Crippen LogP contribution is -2.26. The number of hydrogen-bond donors (Lipinski definition) is 1. The van der Waals surface area contributed by atoms with Crippen molar-refractivity contribution >= 4 is 16.7 Å². The van der Waals surface area contributed by atoms with Crippen molar-refractivity contribution in [3.63, 3.8) is 0 Å². The summed E-state index contributed by atoms with van der Waals surface area (Å²) in [6.45, 7) is -0.643. The van der Waals surface area contributed by atoms with E-state index in [0.29, 0.717) is 4.68 Å². The first-order chi connectivity index (χ1) is 8.79. The Labute approximate surface area is 103 Å².